The predicted octanol–water partition coefficient (Wildman–Crippen LogP) is 5.38. The molecule has 0 saturated heterocycles. The molecule has 2 aromatic rings. The standard InChI is InChI=1S/C23H27NO4S/c1-3-5-6-10-15-28-22-14-13-19(17-23(22)27-4-2)16-21(18-24)29(25,26)20-11-8-7-9-12-20/h7-9,11-14,16-17H,3-6,10,15H2,1-2H3/b21-16+. The molecule has 29 heavy (non-hydrogen) atoms. The number of nitrogens with zero attached hydrogens (tertiary/aromatic N) is 1. The van der Waals surface area contributed by atoms with Crippen LogP contribution in [-0.2, 0) is 9.84 Å². The Morgan fingerprint density at radius 3 is 2.41 bits per heavy atom. The number of benzene rings is 2. The van der Waals surface area contributed by atoms with Gasteiger partial charge in [-0.3, -0.25) is 0 Å². The number of sulfone groups is 1. The van der Waals surface area contributed by atoms with E-state index >= 15 is 0 Å². The topological polar surface area (TPSA) is 76.4 Å². The molecule has 0 spiro atoms. The van der Waals surface area contributed by atoms with Crippen LogP contribution in [0.25, 0.3) is 6.08 Å². The van der Waals surface area contributed by atoms with Crippen molar-refractivity contribution in [3.05, 3.63) is 59.0 Å². The molecule has 6 heteroatoms. The van der Waals surface area contributed by atoms with Gasteiger partial charge in [0.1, 0.15) is 11.0 Å². The molecule has 0 bridgehead atoms. The molecule has 0 amide bonds. The molecule has 0 N–H and O–H groups in total. The van der Waals surface area contributed by atoms with E-state index in [1.165, 1.54) is 31.1 Å². The summed E-state index contributed by atoms with van der Waals surface area (Å²) in [6, 6.07) is 14.9. The second-order valence-corrected chi connectivity index (χ2v) is 8.40. The molecule has 0 radical (unpaired) electrons. The van der Waals surface area contributed by atoms with Crippen molar-refractivity contribution < 1.29 is 17.9 Å². The van der Waals surface area contributed by atoms with E-state index in [1.54, 1.807) is 36.4 Å². The number of rotatable bonds is 11. The number of nitriles is 1. The quantitative estimate of drug-likeness (QED) is 0.365. The molecule has 5 nitrogen and oxygen atoms in total. The van der Waals surface area contributed by atoms with E-state index in [4.69, 9.17) is 9.47 Å². The summed E-state index contributed by atoms with van der Waals surface area (Å²) >= 11 is 0. The second kappa shape index (κ2) is 11.3. The fourth-order valence-electron chi connectivity index (χ4n) is 2.76. The minimum absolute atomic E-state index is 0.0878. The van der Waals surface area contributed by atoms with Gasteiger partial charge in [0, 0.05) is 0 Å². The zero-order valence-corrected chi connectivity index (χ0v) is 17.7. The van der Waals surface area contributed by atoms with Crippen molar-refractivity contribution in [3.8, 4) is 17.6 Å². The number of ether oxygens (including phenoxy) is 2. The van der Waals surface area contributed by atoms with Gasteiger partial charge in [-0.25, -0.2) is 8.42 Å². The lowest BCUT2D eigenvalue weighted by atomic mass is 10.2. The third kappa shape index (κ3) is 6.37. The molecular formula is C23H27NO4S. The van der Waals surface area contributed by atoms with E-state index in [1.807, 2.05) is 13.0 Å². The fourth-order valence-corrected chi connectivity index (χ4v) is 3.94. The Labute approximate surface area is 173 Å². The van der Waals surface area contributed by atoms with Crippen LogP contribution in [0.5, 0.6) is 11.5 Å². The van der Waals surface area contributed by atoms with Crippen LogP contribution >= 0.6 is 0 Å². The minimum Gasteiger partial charge on any atom is -0.490 e. The van der Waals surface area contributed by atoms with E-state index < -0.39 is 9.84 Å². The van der Waals surface area contributed by atoms with Gasteiger partial charge in [-0.15, -0.1) is 0 Å². The SMILES string of the molecule is CCCCCCOc1ccc(/C=C(\C#N)S(=O)(=O)c2ccccc2)cc1OCC. The summed E-state index contributed by atoms with van der Waals surface area (Å²) in [5.74, 6) is 1.15. The molecule has 0 atom stereocenters. The van der Waals surface area contributed by atoms with Crippen molar-refractivity contribution in [2.45, 2.75) is 44.4 Å². The van der Waals surface area contributed by atoms with Crippen molar-refractivity contribution >= 4 is 15.9 Å². The molecule has 0 heterocycles. The van der Waals surface area contributed by atoms with Gasteiger partial charge < -0.3 is 9.47 Å². The van der Waals surface area contributed by atoms with Gasteiger partial charge in [-0.05, 0) is 49.2 Å². The Bertz CT molecular complexity index is 960. The number of unbranched alkanes of at least 4 members (excludes halogenated alkanes) is 3. The Hall–Kier alpha value is -2.78. The molecule has 0 saturated carbocycles. The molecule has 154 valence electrons. The summed E-state index contributed by atoms with van der Waals surface area (Å²) in [6.07, 6.45) is 5.78. The largest absolute Gasteiger partial charge is 0.490 e. The third-order valence-electron chi connectivity index (χ3n) is 4.27. The summed E-state index contributed by atoms with van der Waals surface area (Å²) in [7, 11) is -3.88. The monoisotopic (exact) mass is 413 g/mol. The van der Waals surface area contributed by atoms with Crippen LogP contribution in [0.15, 0.2) is 58.3 Å². The maximum Gasteiger partial charge on any atom is 0.216 e. The molecule has 0 aromatic heterocycles. The van der Waals surface area contributed by atoms with E-state index in [0.29, 0.717) is 30.3 Å². The summed E-state index contributed by atoms with van der Waals surface area (Å²) in [5.41, 5.74) is 0.558. The lowest BCUT2D eigenvalue weighted by Gasteiger charge is -2.13. The summed E-state index contributed by atoms with van der Waals surface area (Å²) in [4.78, 5) is -0.232. The van der Waals surface area contributed by atoms with Gasteiger partial charge in [0.15, 0.2) is 11.5 Å². The lowest BCUT2D eigenvalue weighted by Crippen LogP contribution is -2.04. The molecule has 0 unspecified atom stereocenters. The Balaban J connectivity index is 2.26. The minimum atomic E-state index is -3.88. The summed E-state index contributed by atoms with van der Waals surface area (Å²) < 4.78 is 36.9. The molecule has 0 aliphatic heterocycles. The Kier molecular flexibility index (Phi) is 8.75. The first-order chi connectivity index (χ1) is 14.0. The first kappa shape index (κ1) is 22.5. The van der Waals surface area contributed by atoms with Gasteiger partial charge in [0.05, 0.1) is 18.1 Å². The molecule has 2 aromatic carbocycles. The smallest absolute Gasteiger partial charge is 0.216 e. The molecular weight excluding hydrogens is 386 g/mol. The highest BCUT2D eigenvalue weighted by Crippen LogP contribution is 2.30. The molecule has 0 aliphatic rings. The van der Waals surface area contributed by atoms with Crippen LogP contribution in [-0.4, -0.2) is 21.6 Å². The Morgan fingerprint density at radius 1 is 1.00 bits per heavy atom. The first-order valence-corrected chi connectivity index (χ1v) is 11.3. The van der Waals surface area contributed by atoms with Gasteiger partial charge in [0.25, 0.3) is 0 Å². The van der Waals surface area contributed by atoms with Gasteiger partial charge in [-0.1, -0.05) is 50.5 Å². The average Bonchev–Trinajstić information content (AvgIpc) is 2.73. The Morgan fingerprint density at radius 2 is 1.76 bits per heavy atom. The van der Waals surface area contributed by atoms with E-state index in [0.717, 1.165) is 12.8 Å². The van der Waals surface area contributed by atoms with Crippen LogP contribution in [0, 0.1) is 11.3 Å². The van der Waals surface area contributed by atoms with Gasteiger partial charge >= 0.3 is 0 Å². The zero-order valence-electron chi connectivity index (χ0n) is 16.9. The van der Waals surface area contributed by atoms with Crippen LogP contribution in [0.1, 0.15) is 45.1 Å². The normalized spacial score (nSPS) is 11.7. The van der Waals surface area contributed by atoms with Crippen molar-refractivity contribution in [1.82, 2.24) is 0 Å². The average molecular weight is 414 g/mol. The highest BCUT2D eigenvalue weighted by molar-refractivity contribution is 7.95. The summed E-state index contributed by atoms with van der Waals surface area (Å²) in [6.45, 7) is 5.08. The van der Waals surface area contributed by atoms with Crippen LogP contribution in [0.2, 0.25) is 0 Å². The first-order valence-electron chi connectivity index (χ1n) is 9.84. The number of hydrogen-bond acceptors (Lipinski definition) is 5. The second-order valence-electron chi connectivity index (χ2n) is 6.49. The van der Waals surface area contributed by atoms with Crippen LogP contribution < -0.4 is 9.47 Å². The van der Waals surface area contributed by atoms with Crippen molar-refractivity contribution in [3.63, 3.8) is 0 Å². The molecule has 0 fully saturated rings. The zero-order chi connectivity index (χ0) is 21.1. The van der Waals surface area contributed by atoms with Gasteiger partial charge in [-0.2, -0.15) is 5.26 Å². The highest BCUT2D eigenvalue weighted by Gasteiger charge is 2.20. The maximum atomic E-state index is 12.7. The van der Waals surface area contributed by atoms with Crippen LogP contribution in [0.3, 0.4) is 0 Å². The van der Waals surface area contributed by atoms with E-state index in [-0.39, 0.29) is 9.80 Å². The van der Waals surface area contributed by atoms with Crippen LogP contribution in [0.4, 0.5) is 0 Å². The van der Waals surface area contributed by atoms with Gasteiger partial charge in [0.2, 0.25) is 9.84 Å². The van der Waals surface area contributed by atoms with Crippen molar-refractivity contribution in [2.24, 2.45) is 0 Å². The highest BCUT2D eigenvalue weighted by atomic mass is 32.2. The third-order valence-corrected chi connectivity index (χ3v) is 5.95. The van der Waals surface area contributed by atoms with E-state index in [2.05, 4.69) is 6.92 Å². The number of allylic oxidation sites excluding steroid dienone is 1. The van der Waals surface area contributed by atoms with E-state index in [9.17, 15) is 13.7 Å². The summed E-state index contributed by atoms with van der Waals surface area (Å²) in [5, 5.41) is 9.45. The van der Waals surface area contributed by atoms with Crippen molar-refractivity contribution in [2.75, 3.05) is 13.2 Å². The molecule has 0 aliphatic carbocycles. The fraction of sp³-hybridized carbons (Fsp3) is 0.348. The predicted molar refractivity (Wildman–Crippen MR) is 114 cm³/mol. The molecule has 2 rings (SSSR count). The number of hydrogen-bond donors (Lipinski definition) is 0. The van der Waals surface area contributed by atoms with Crippen molar-refractivity contribution in [1.29, 1.82) is 5.26 Å². The maximum absolute atomic E-state index is 12.7. The lowest BCUT2D eigenvalue weighted by molar-refractivity contribution is 0.270.